The molecule has 6 heteroatoms. The van der Waals surface area contributed by atoms with Gasteiger partial charge < -0.3 is 0 Å². The third kappa shape index (κ3) is 2.63. The summed E-state index contributed by atoms with van der Waals surface area (Å²) < 4.78 is 0. The van der Waals surface area contributed by atoms with Crippen LogP contribution in [0.15, 0.2) is 41.8 Å². The number of amides is 2. The smallest absolute Gasteiger partial charge is 0.267 e. The van der Waals surface area contributed by atoms with Gasteiger partial charge in [0.15, 0.2) is 0 Å². The molecular formula is C19H17N3O2S. The minimum Gasteiger partial charge on any atom is -0.267 e. The van der Waals surface area contributed by atoms with Crippen molar-refractivity contribution in [3.63, 3.8) is 0 Å². The van der Waals surface area contributed by atoms with Gasteiger partial charge >= 0.3 is 0 Å². The first-order valence-corrected chi connectivity index (χ1v) is 9.02. The molecule has 0 spiro atoms. The highest BCUT2D eigenvalue weighted by atomic mass is 32.1. The maximum atomic E-state index is 12.8. The van der Waals surface area contributed by atoms with Gasteiger partial charge in [0.25, 0.3) is 11.8 Å². The number of hydrogen-bond donors (Lipinski definition) is 1. The lowest BCUT2D eigenvalue weighted by Crippen LogP contribution is -2.48. The fourth-order valence-electron chi connectivity index (χ4n) is 3.00. The molecule has 0 unspecified atom stereocenters. The van der Waals surface area contributed by atoms with Crippen molar-refractivity contribution in [1.82, 2.24) is 15.4 Å². The van der Waals surface area contributed by atoms with Gasteiger partial charge in [0.2, 0.25) is 0 Å². The molecule has 0 bridgehead atoms. The van der Waals surface area contributed by atoms with Gasteiger partial charge in [0.05, 0.1) is 28.4 Å². The van der Waals surface area contributed by atoms with Crippen LogP contribution in [0.3, 0.4) is 0 Å². The average Bonchev–Trinajstić information content (AvgIpc) is 3.09. The highest BCUT2D eigenvalue weighted by Crippen LogP contribution is 2.29. The van der Waals surface area contributed by atoms with Crippen LogP contribution in [0, 0.1) is 0 Å². The molecule has 2 amide bonds. The van der Waals surface area contributed by atoms with E-state index in [1.54, 1.807) is 23.5 Å². The predicted molar refractivity (Wildman–Crippen MR) is 97.5 cm³/mol. The Morgan fingerprint density at radius 3 is 2.28 bits per heavy atom. The van der Waals surface area contributed by atoms with Gasteiger partial charge in [-0.05, 0) is 17.5 Å². The van der Waals surface area contributed by atoms with Crippen LogP contribution >= 0.6 is 11.3 Å². The monoisotopic (exact) mass is 351 g/mol. The number of nitrogens with one attached hydrogen (secondary N) is 1. The Morgan fingerprint density at radius 2 is 1.72 bits per heavy atom. The summed E-state index contributed by atoms with van der Waals surface area (Å²) >= 11 is 1.59. The summed E-state index contributed by atoms with van der Waals surface area (Å²) in [4.78, 5) is 30.1. The summed E-state index contributed by atoms with van der Waals surface area (Å²) in [5.41, 5.74) is 4.86. The molecule has 0 saturated carbocycles. The zero-order chi connectivity index (χ0) is 17.6. The van der Waals surface area contributed by atoms with Gasteiger partial charge in [-0.15, -0.1) is 11.3 Å². The second-order valence-electron chi connectivity index (χ2n) is 6.32. The summed E-state index contributed by atoms with van der Waals surface area (Å²) in [5.74, 6) is -0.288. The number of rotatable bonds is 4. The van der Waals surface area contributed by atoms with Crippen LogP contribution in [0.2, 0.25) is 0 Å². The number of carbonyl (C=O) groups excluding carboxylic acids is 2. The number of thiazole rings is 1. The lowest BCUT2D eigenvalue weighted by molar-refractivity contribution is 0.0515. The standard InChI is InChI=1S/C19H17N3O2S/c1-11(2)17-21-13(10-25-17)9-20-22-18(23)14-7-3-5-12-6-4-8-15(16(12)14)19(22)24/h3-8,10-11,20H,9H2,1-2H3. The molecule has 1 aliphatic heterocycles. The van der Waals surface area contributed by atoms with Crippen molar-refractivity contribution in [2.24, 2.45) is 0 Å². The number of carbonyl (C=O) groups is 2. The molecule has 1 aliphatic rings. The summed E-state index contributed by atoms with van der Waals surface area (Å²) in [6.07, 6.45) is 0. The van der Waals surface area contributed by atoms with Gasteiger partial charge in [0.1, 0.15) is 0 Å². The molecule has 4 rings (SSSR count). The van der Waals surface area contributed by atoms with Crippen molar-refractivity contribution in [3.8, 4) is 0 Å². The van der Waals surface area contributed by atoms with E-state index in [1.807, 2.05) is 29.6 Å². The zero-order valence-electron chi connectivity index (χ0n) is 13.9. The van der Waals surface area contributed by atoms with Crippen molar-refractivity contribution in [3.05, 3.63) is 63.6 Å². The molecule has 0 saturated heterocycles. The summed E-state index contributed by atoms with van der Waals surface area (Å²) in [6.45, 7) is 4.51. The Balaban J connectivity index is 1.63. The van der Waals surface area contributed by atoms with Gasteiger partial charge in [-0.2, -0.15) is 0 Å². The van der Waals surface area contributed by atoms with E-state index in [1.165, 1.54) is 0 Å². The molecular weight excluding hydrogens is 334 g/mol. The Hall–Kier alpha value is -2.57. The van der Waals surface area contributed by atoms with Gasteiger partial charge in [-0.1, -0.05) is 38.1 Å². The maximum absolute atomic E-state index is 12.8. The molecule has 0 fully saturated rings. The maximum Gasteiger partial charge on any atom is 0.276 e. The first-order valence-electron chi connectivity index (χ1n) is 8.14. The largest absolute Gasteiger partial charge is 0.276 e. The SMILES string of the molecule is CC(C)c1nc(CNN2C(=O)c3cccc4cccc(c34)C2=O)cs1. The topological polar surface area (TPSA) is 62.3 Å². The van der Waals surface area contributed by atoms with E-state index >= 15 is 0 Å². The Labute approximate surface area is 149 Å². The minimum absolute atomic E-state index is 0.325. The molecule has 0 radical (unpaired) electrons. The average molecular weight is 351 g/mol. The summed E-state index contributed by atoms with van der Waals surface area (Å²) in [5, 5.41) is 5.73. The van der Waals surface area contributed by atoms with E-state index in [-0.39, 0.29) is 11.8 Å². The zero-order valence-corrected chi connectivity index (χ0v) is 14.8. The van der Waals surface area contributed by atoms with Crippen molar-refractivity contribution < 1.29 is 9.59 Å². The van der Waals surface area contributed by atoms with Gasteiger partial charge in [-0.25, -0.2) is 15.4 Å². The van der Waals surface area contributed by atoms with Crippen molar-refractivity contribution in [2.45, 2.75) is 26.3 Å². The minimum atomic E-state index is -0.325. The number of nitrogens with zero attached hydrogens (tertiary/aromatic N) is 2. The highest BCUT2D eigenvalue weighted by molar-refractivity contribution is 7.09. The predicted octanol–water partition coefficient (Wildman–Crippen LogP) is 3.72. The molecule has 25 heavy (non-hydrogen) atoms. The first-order chi connectivity index (χ1) is 12.1. The Kier molecular flexibility index (Phi) is 3.86. The normalized spacial score (nSPS) is 14.0. The van der Waals surface area contributed by atoms with E-state index in [0.717, 1.165) is 26.5 Å². The van der Waals surface area contributed by atoms with E-state index in [2.05, 4.69) is 24.3 Å². The van der Waals surface area contributed by atoms with Crippen LogP contribution in [0.25, 0.3) is 10.8 Å². The molecule has 3 aromatic rings. The number of imide groups is 1. The molecule has 126 valence electrons. The summed E-state index contributed by atoms with van der Waals surface area (Å²) in [6, 6.07) is 11.0. The van der Waals surface area contributed by atoms with Crippen molar-refractivity contribution in [1.29, 1.82) is 0 Å². The van der Waals surface area contributed by atoms with Crippen LogP contribution < -0.4 is 5.43 Å². The molecule has 5 nitrogen and oxygen atoms in total. The van der Waals surface area contributed by atoms with Crippen LogP contribution in [0.5, 0.6) is 0 Å². The van der Waals surface area contributed by atoms with Crippen LogP contribution in [-0.4, -0.2) is 21.8 Å². The second kappa shape index (κ2) is 6.06. The number of hydrogen-bond acceptors (Lipinski definition) is 5. The molecule has 2 heterocycles. The number of hydrazine groups is 1. The highest BCUT2D eigenvalue weighted by Gasteiger charge is 2.32. The van der Waals surface area contributed by atoms with Gasteiger partial charge in [0, 0.05) is 16.7 Å². The lowest BCUT2D eigenvalue weighted by Gasteiger charge is -2.27. The van der Waals surface area contributed by atoms with Crippen LogP contribution in [0.1, 0.15) is 51.2 Å². The number of aromatic nitrogens is 1. The van der Waals surface area contributed by atoms with E-state index in [4.69, 9.17) is 0 Å². The quantitative estimate of drug-likeness (QED) is 0.728. The Morgan fingerprint density at radius 1 is 1.08 bits per heavy atom. The van der Waals surface area contributed by atoms with Gasteiger partial charge in [-0.3, -0.25) is 9.59 Å². The fourth-order valence-corrected chi connectivity index (χ4v) is 3.84. The van der Waals surface area contributed by atoms with E-state index in [0.29, 0.717) is 23.6 Å². The lowest BCUT2D eigenvalue weighted by atomic mass is 9.95. The van der Waals surface area contributed by atoms with Crippen LogP contribution in [-0.2, 0) is 6.54 Å². The number of benzene rings is 2. The molecule has 2 aromatic carbocycles. The fraction of sp³-hybridized carbons (Fsp3) is 0.211. The second-order valence-corrected chi connectivity index (χ2v) is 7.21. The summed E-state index contributed by atoms with van der Waals surface area (Å²) in [7, 11) is 0. The van der Waals surface area contributed by atoms with Crippen LogP contribution in [0.4, 0.5) is 0 Å². The molecule has 1 N–H and O–H groups in total. The third-order valence-corrected chi connectivity index (χ3v) is 5.45. The van der Waals surface area contributed by atoms with E-state index in [9.17, 15) is 9.59 Å². The molecule has 1 aromatic heterocycles. The molecule has 0 aliphatic carbocycles. The third-order valence-electron chi connectivity index (χ3n) is 4.25. The Bertz CT molecular complexity index is 943. The molecule has 0 atom stereocenters. The van der Waals surface area contributed by atoms with Crippen molar-refractivity contribution in [2.75, 3.05) is 0 Å². The van der Waals surface area contributed by atoms with Crippen molar-refractivity contribution >= 4 is 33.9 Å². The van der Waals surface area contributed by atoms with E-state index < -0.39 is 0 Å². The first kappa shape index (κ1) is 15.9.